The molecule has 100 valence electrons. The largest absolute Gasteiger partial charge is 0.354 e. The Labute approximate surface area is 125 Å². The van der Waals surface area contributed by atoms with Gasteiger partial charge < -0.3 is 10.2 Å². The first-order valence-corrected chi connectivity index (χ1v) is 7.62. The van der Waals surface area contributed by atoms with Gasteiger partial charge in [0.1, 0.15) is 6.04 Å². The lowest BCUT2D eigenvalue weighted by atomic mass is 10.1. The summed E-state index contributed by atoms with van der Waals surface area (Å²) < 4.78 is 1.10. The zero-order chi connectivity index (χ0) is 13.4. The lowest BCUT2D eigenvalue weighted by Crippen LogP contribution is -2.45. The molecule has 2 heterocycles. The number of carbonyl (C=O) groups is 2. The molecule has 1 aromatic rings. The third-order valence-electron chi connectivity index (χ3n) is 3.82. The second-order valence-corrected chi connectivity index (χ2v) is 6.16. The van der Waals surface area contributed by atoms with Crippen molar-refractivity contribution in [1.29, 1.82) is 0 Å². The summed E-state index contributed by atoms with van der Waals surface area (Å²) in [6, 6.07) is 5.45. The van der Waals surface area contributed by atoms with Crippen LogP contribution in [0.5, 0.6) is 0 Å². The van der Waals surface area contributed by atoms with Crippen LogP contribution in [0.1, 0.15) is 35.2 Å². The number of rotatable bonds is 1. The van der Waals surface area contributed by atoms with Crippen LogP contribution in [0.15, 0.2) is 18.2 Å². The topological polar surface area (TPSA) is 49.4 Å². The van der Waals surface area contributed by atoms with Crippen molar-refractivity contribution in [2.45, 2.75) is 31.8 Å². The molecule has 2 aliphatic heterocycles. The molecule has 5 heteroatoms. The molecular weight excluding hydrogens is 355 g/mol. The van der Waals surface area contributed by atoms with Crippen LogP contribution in [0, 0.1) is 3.57 Å². The molecule has 0 saturated carbocycles. The molecule has 0 spiro atoms. The molecule has 2 amide bonds. The van der Waals surface area contributed by atoms with E-state index < -0.39 is 0 Å². The minimum atomic E-state index is -0.307. The molecule has 1 N–H and O–H groups in total. The van der Waals surface area contributed by atoms with Crippen LogP contribution in [0.3, 0.4) is 0 Å². The van der Waals surface area contributed by atoms with Crippen molar-refractivity contribution in [2.24, 2.45) is 0 Å². The highest BCUT2D eigenvalue weighted by molar-refractivity contribution is 14.1. The molecule has 1 fully saturated rings. The second-order valence-electron chi connectivity index (χ2n) is 5.00. The van der Waals surface area contributed by atoms with Crippen molar-refractivity contribution >= 4 is 34.4 Å². The van der Waals surface area contributed by atoms with Gasteiger partial charge in [-0.25, -0.2) is 0 Å². The van der Waals surface area contributed by atoms with Crippen LogP contribution < -0.4 is 5.32 Å². The Balaban J connectivity index is 1.90. The predicted molar refractivity (Wildman–Crippen MR) is 79.7 cm³/mol. The maximum Gasteiger partial charge on any atom is 0.255 e. The van der Waals surface area contributed by atoms with E-state index in [1.54, 1.807) is 4.90 Å². The number of amides is 2. The first-order valence-electron chi connectivity index (χ1n) is 6.54. The first-order chi connectivity index (χ1) is 9.18. The molecule has 0 aromatic heterocycles. The Bertz CT molecular complexity index is 544. The highest BCUT2D eigenvalue weighted by Crippen LogP contribution is 2.30. The number of carbonyl (C=O) groups excluding carboxylic acids is 2. The van der Waals surface area contributed by atoms with E-state index in [2.05, 4.69) is 27.9 Å². The van der Waals surface area contributed by atoms with Gasteiger partial charge in [-0.05, 0) is 59.5 Å². The number of nitrogens with one attached hydrogen (secondary N) is 1. The molecule has 1 saturated heterocycles. The van der Waals surface area contributed by atoms with Gasteiger partial charge in [0.15, 0.2) is 0 Å². The highest BCUT2D eigenvalue weighted by atomic mass is 127. The Morgan fingerprint density at radius 1 is 1.26 bits per heavy atom. The molecule has 4 nitrogen and oxygen atoms in total. The van der Waals surface area contributed by atoms with Crippen molar-refractivity contribution in [3.8, 4) is 0 Å². The van der Waals surface area contributed by atoms with Crippen LogP contribution in [-0.4, -0.2) is 29.3 Å². The monoisotopic (exact) mass is 370 g/mol. The molecule has 19 heavy (non-hydrogen) atoms. The molecular formula is C14H15IN2O2. The summed E-state index contributed by atoms with van der Waals surface area (Å²) >= 11 is 2.25. The van der Waals surface area contributed by atoms with Crippen LogP contribution in [0.25, 0.3) is 0 Å². The van der Waals surface area contributed by atoms with Crippen LogP contribution in [0.4, 0.5) is 0 Å². The van der Waals surface area contributed by atoms with Gasteiger partial charge >= 0.3 is 0 Å². The highest BCUT2D eigenvalue weighted by Gasteiger charge is 2.37. The van der Waals surface area contributed by atoms with Gasteiger partial charge in [0, 0.05) is 22.2 Å². The van der Waals surface area contributed by atoms with Crippen LogP contribution in [0.2, 0.25) is 0 Å². The fourth-order valence-electron chi connectivity index (χ4n) is 2.79. The lowest BCUT2D eigenvalue weighted by Gasteiger charge is -2.25. The summed E-state index contributed by atoms with van der Waals surface area (Å²) in [5.41, 5.74) is 1.81. The summed E-state index contributed by atoms with van der Waals surface area (Å²) in [6.07, 6.45) is 2.75. The van der Waals surface area contributed by atoms with E-state index >= 15 is 0 Å². The van der Waals surface area contributed by atoms with Gasteiger partial charge in [-0.3, -0.25) is 9.59 Å². The van der Waals surface area contributed by atoms with Crippen LogP contribution in [-0.2, 0) is 11.3 Å². The number of benzene rings is 1. The summed E-state index contributed by atoms with van der Waals surface area (Å²) in [5, 5.41) is 2.90. The average Bonchev–Trinajstić information content (AvgIpc) is 2.59. The third kappa shape index (κ3) is 2.24. The second kappa shape index (κ2) is 5.11. The molecule has 1 unspecified atom stereocenters. The molecule has 2 aliphatic rings. The minimum absolute atomic E-state index is 0.00411. The smallest absolute Gasteiger partial charge is 0.255 e. The van der Waals surface area contributed by atoms with Gasteiger partial charge in [0.25, 0.3) is 5.91 Å². The van der Waals surface area contributed by atoms with Crippen molar-refractivity contribution in [3.63, 3.8) is 0 Å². The fraction of sp³-hybridized carbons (Fsp3) is 0.429. The Kier molecular flexibility index (Phi) is 3.47. The van der Waals surface area contributed by atoms with Gasteiger partial charge in [0.2, 0.25) is 5.91 Å². The van der Waals surface area contributed by atoms with Gasteiger partial charge in [-0.2, -0.15) is 0 Å². The third-order valence-corrected chi connectivity index (χ3v) is 4.83. The first kappa shape index (κ1) is 12.9. The number of halogens is 1. The molecule has 1 aromatic carbocycles. The quantitative estimate of drug-likeness (QED) is 0.768. The summed E-state index contributed by atoms with van der Waals surface area (Å²) in [5.74, 6) is -0.00997. The summed E-state index contributed by atoms with van der Waals surface area (Å²) in [7, 11) is 0. The Morgan fingerprint density at radius 2 is 2.11 bits per heavy atom. The normalized spacial score (nSPS) is 23.0. The van der Waals surface area contributed by atoms with E-state index in [0.29, 0.717) is 6.54 Å². The van der Waals surface area contributed by atoms with Crippen molar-refractivity contribution in [2.75, 3.05) is 6.54 Å². The summed E-state index contributed by atoms with van der Waals surface area (Å²) in [6.45, 7) is 1.28. The number of hydrogen-bond donors (Lipinski definition) is 1. The summed E-state index contributed by atoms with van der Waals surface area (Å²) in [4.78, 5) is 26.3. The zero-order valence-corrected chi connectivity index (χ0v) is 12.6. The molecule has 0 aliphatic carbocycles. The number of hydrogen-bond acceptors (Lipinski definition) is 2. The maximum absolute atomic E-state index is 12.4. The molecule has 0 radical (unpaired) electrons. The maximum atomic E-state index is 12.4. The van der Waals surface area contributed by atoms with Gasteiger partial charge in [-0.1, -0.05) is 6.07 Å². The van der Waals surface area contributed by atoms with E-state index in [-0.39, 0.29) is 17.9 Å². The Hall–Kier alpha value is -1.11. The Morgan fingerprint density at radius 3 is 2.89 bits per heavy atom. The van der Waals surface area contributed by atoms with Crippen molar-refractivity contribution < 1.29 is 9.59 Å². The fourth-order valence-corrected chi connectivity index (χ4v) is 3.46. The zero-order valence-electron chi connectivity index (χ0n) is 10.5. The van der Waals surface area contributed by atoms with Crippen molar-refractivity contribution in [1.82, 2.24) is 10.2 Å². The standard InChI is InChI=1S/C14H15IN2O2/c15-11-5-3-4-9-10(11)8-17(14(9)19)12-6-1-2-7-16-13(12)18/h3-5,12H,1-2,6-8H2,(H,16,18). The molecule has 3 rings (SSSR count). The average molecular weight is 370 g/mol. The number of fused-ring (bicyclic) bond motifs is 1. The van der Waals surface area contributed by atoms with E-state index in [0.717, 1.165) is 40.5 Å². The van der Waals surface area contributed by atoms with E-state index in [1.165, 1.54) is 0 Å². The lowest BCUT2D eigenvalue weighted by molar-refractivity contribution is -0.125. The molecule has 0 bridgehead atoms. The van der Waals surface area contributed by atoms with E-state index in [1.807, 2.05) is 18.2 Å². The minimum Gasteiger partial charge on any atom is -0.354 e. The molecule has 1 atom stereocenters. The van der Waals surface area contributed by atoms with Crippen LogP contribution >= 0.6 is 22.6 Å². The number of nitrogens with zero attached hydrogens (tertiary/aromatic N) is 1. The predicted octanol–water partition coefficient (Wildman–Crippen LogP) is 1.92. The van der Waals surface area contributed by atoms with Crippen molar-refractivity contribution in [3.05, 3.63) is 32.9 Å². The van der Waals surface area contributed by atoms with Gasteiger partial charge in [0.05, 0.1) is 0 Å². The van der Waals surface area contributed by atoms with Gasteiger partial charge in [-0.15, -0.1) is 0 Å². The van der Waals surface area contributed by atoms with E-state index in [4.69, 9.17) is 0 Å². The van der Waals surface area contributed by atoms with E-state index in [9.17, 15) is 9.59 Å². The SMILES string of the molecule is O=C1NCCCCC1N1Cc2c(I)cccc2C1=O.